The summed E-state index contributed by atoms with van der Waals surface area (Å²) in [5, 5.41) is 3.85. The Hall–Kier alpha value is -4.92. The number of carbonyl (C=O) groups is 4. The Morgan fingerprint density at radius 2 is 0.705 bits per heavy atom. The van der Waals surface area contributed by atoms with E-state index in [0.29, 0.717) is 0 Å². The highest BCUT2D eigenvalue weighted by Gasteiger charge is 2.73. The molecule has 4 heterocycles. The third-order valence-electron chi connectivity index (χ3n) is 9.56. The summed E-state index contributed by atoms with van der Waals surface area (Å²) < 4.78 is 0. The molecule has 0 unspecified atom stereocenters. The summed E-state index contributed by atoms with van der Waals surface area (Å²) in [6.45, 7) is 0.346. The van der Waals surface area contributed by atoms with Gasteiger partial charge in [0.25, 0.3) is 0 Å². The maximum absolute atomic E-state index is 14.3. The lowest BCUT2D eigenvalue weighted by Gasteiger charge is -2.35. The van der Waals surface area contributed by atoms with Gasteiger partial charge in [-0.15, -0.1) is 0 Å². The second kappa shape index (κ2) is 10.4. The van der Waals surface area contributed by atoms with E-state index in [-0.39, 0.29) is 36.7 Å². The molecule has 0 spiro atoms. The molecule has 8 heteroatoms. The molecule has 0 radical (unpaired) electrons. The van der Waals surface area contributed by atoms with E-state index in [2.05, 4.69) is 0 Å². The predicted octanol–water partition coefficient (Wildman–Crippen LogP) is 4.12. The third-order valence-corrected chi connectivity index (χ3v) is 9.56. The zero-order chi connectivity index (χ0) is 29.9. The predicted molar refractivity (Wildman–Crippen MR) is 161 cm³/mol. The van der Waals surface area contributed by atoms with Crippen LogP contribution in [0, 0.1) is 11.8 Å². The van der Waals surface area contributed by atoms with Crippen molar-refractivity contribution in [3.8, 4) is 0 Å². The van der Waals surface area contributed by atoms with E-state index in [4.69, 9.17) is 0 Å². The first kappa shape index (κ1) is 26.7. The number of carbonyl (C=O) groups excluding carboxylic acids is 4. The topological polar surface area (TPSA) is 81.2 Å². The van der Waals surface area contributed by atoms with Crippen molar-refractivity contribution >= 4 is 23.6 Å². The summed E-state index contributed by atoms with van der Waals surface area (Å²) in [5.74, 6) is -2.57. The molecule has 4 aromatic rings. The molecule has 4 aliphatic rings. The average molecular weight is 583 g/mol. The van der Waals surface area contributed by atoms with Crippen LogP contribution < -0.4 is 0 Å². The highest BCUT2D eigenvalue weighted by Crippen LogP contribution is 2.59. The van der Waals surface area contributed by atoms with E-state index in [9.17, 15) is 19.2 Å². The van der Waals surface area contributed by atoms with Gasteiger partial charge in [-0.25, -0.2) is 10.0 Å². The molecule has 4 amide bonds. The minimum atomic E-state index is -0.838. The number of amides is 4. The first-order valence-corrected chi connectivity index (χ1v) is 15.0. The van der Waals surface area contributed by atoms with Crippen LogP contribution >= 0.6 is 0 Å². The molecule has 218 valence electrons. The van der Waals surface area contributed by atoms with Gasteiger partial charge in [0.2, 0.25) is 23.6 Å². The van der Waals surface area contributed by atoms with Gasteiger partial charge in [0.05, 0.1) is 37.0 Å². The van der Waals surface area contributed by atoms with Crippen molar-refractivity contribution in [2.75, 3.05) is 0 Å². The molecular weight excluding hydrogens is 552 g/mol. The van der Waals surface area contributed by atoms with Gasteiger partial charge in [0.1, 0.15) is 12.1 Å². The van der Waals surface area contributed by atoms with Gasteiger partial charge in [-0.1, -0.05) is 121 Å². The highest BCUT2D eigenvalue weighted by atomic mass is 16.2. The van der Waals surface area contributed by atoms with Gasteiger partial charge in [0.15, 0.2) is 0 Å². The van der Waals surface area contributed by atoms with E-state index in [1.165, 1.54) is 9.80 Å². The molecular formula is C36H30N4O4. The van der Waals surface area contributed by atoms with Gasteiger partial charge in [-0.2, -0.15) is 0 Å². The summed E-state index contributed by atoms with van der Waals surface area (Å²) in [6.07, 6.45) is 0. The molecule has 4 aliphatic heterocycles. The van der Waals surface area contributed by atoms with Crippen molar-refractivity contribution in [1.82, 2.24) is 19.8 Å². The van der Waals surface area contributed by atoms with Gasteiger partial charge < -0.3 is 0 Å². The molecule has 0 saturated carbocycles. The van der Waals surface area contributed by atoms with E-state index in [1.54, 1.807) is 0 Å². The number of hydrogen-bond acceptors (Lipinski definition) is 6. The highest BCUT2D eigenvalue weighted by molar-refractivity contribution is 6.10. The Labute approximate surface area is 255 Å². The van der Waals surface area contributed by atoms with Gasteiger partial charge >= 0.3 is 0 Å². The fourth-order valence-corrected chi connectivity index (χ4v) is 7.76. The largest absolute Gasteiger partial charge is 0.276 e. The first-order valence-electron chi connectivity index (χ1n) is 15.0. The van der Waals surface area contributed by atoms with Crippen LogP contribution in [0.2, 0.25) is 0 Å². The van der Waals surface area contributed by atoms with Crippen LogP contribution in [0.3, 0.4) is 0 Å². The maximum Gasteiger partial charge on any atom is 0.249 e. The Bertz CT molecular complexity index is 1620. The number of rotatable bonds is 6. The molecule has 4 saturated heterocycles. The molecule has 0 aliphatic carbocycles. The van der Waals surface area contributed by atoms with Crippen LogP contribution in [-0.4, -0.2) is 55.5 Å². The van der Waals surface area contributed by atoms with Crippen molar-refractivity contribution in [3.05, 3.63) is 144 Å². The summed E-state index contributed by atoms with van der Waals surface area (Å²) in [5.41, 5.74) is 3.40. The minimum Gasteiger partial charge on any atom is -0.276 e. The smallest absolute Gasteiger partial charge is 0.249 e. The third kappa shape index (κ3) is 3.91. The summed E-state index contributed by atoms with van der Waals surface area (Å²) >= 11 is 0. The van der Waals surface area contributed by atoms with E-state index >= 15 is 0 Å². The zero-order valence-electron chi connectivity index (χ0n) is 23.8. The molecule has 4 fully saturated rings. The van der Waals surface area contributed by atoms with E-state index in [1.807, 2.05) is 131 Å². The number of likely N-dealkylation sites (tertiary alicyclic amines) is 2. The van der Waals surface area contributed by atoms with Crippen LogP contribution in [0.4, 0.5) is 0 Å². The quantitative estimate of drug-likeness (QED) is 0.318. The van der Waals surface area contributed by atoms with Crippen molar-refractivity contribution < 1.29 is 19.2 Å². The van der Waals surface area contributed by atoms with Crippen molar-refractivity contribution in [2.45, 2.75) is 37.3 Å². The summed E-state index contributed by atoms with van der Waals surface area (Å²) in [6, 6.07) is 35.3. The maximum atomic E-state index is 14.3. The van der Waals surface area contributed by atoms with Crippen molar-refractivity contribution in [2.24, 2.45) is 11.8 Å². The molecule has 4 aromatic carbocycles. The number of hydrogen-bond donors (Lipinski definition) is 0. The Morgan fingerprint density at radius 1 is 0.386 bits per heavy atom. The Morgan fingerprint density at radius 3 is 1.05 bits per heavy atom. The minimum absolute atomic E-state index is 0.173. The first-order chi connectivity index (χ1) is 21.5. The lowest BCUT2D eigenvalue weighted by atomic mass is 9.84. The Balaban J connectivity index is 1.26. The number of hydrazine groups is 1. The molecule has 0 N–H and O–H groups in total. The van der Waals surface area contributed by atoms with Crippen LogP contribution in [-0.2, 0) is 32.3 Å². The van der Waals surface area contributed by atoms with Crippen LogP contribution in [0.15, 0.2) is 121 Å². The molecule has 8 nitrogen and oxygen atoms in total. The van der Waals surface area contributed by atoms with Crippen LogP contribution in [0.25, 0.3) is 0 Å². The molecule has 6 atom stereocenters. The lowest BCUT2D eigenvalue weighted by Crippen LogP contribution is -2.49. The monoisotopic (exact) mass is 582 g/mol. The van der Waals surface area contributed by atoms with Crippen LogP contribution in [0.1, 0.15) is 34.3 Å². The van der Waals surface area contributed by atoms with Gasteiger partial charge in [-0.3, -0.25) is 29.0 Å². The molecule has 8 rings (SSSR count). The second-order valence-electron chi connectivity index (χ2n) is 11.9. The SMILES string of the molecule is O=C1[C@H]2[C@H](C(=O)N1Cc1ccccc1)N1[C@@H](c3ccccc3)[C@H]3C(=O)N(Cc4ccccc4)C(=O)[C@H]3N1[C@H]2c1ccccc1. The standard InChI is InChI=1S/C36H30N4O4/c41-33-27-29(25-17-9-3-10-18-25)40-32-28(34(42)38(36(32)44)22-24-15-7-2-8-16-24)30(26-19-11-4-12-20-26)39(40)31(27)35(43)37(33)21-23-13-5-1-6-14-23/h1-20,27-32H,21-22H2/t27-,28-,29+,30+,31-,32+/m1/s1. The second-order valence-corrected chi connectivity index (χ2v) is 11.9. The normalized spacial score (nSPS) is 28.1. The number of benzene rings is 4. The van der Waals surface area contributed by atoms with E-state index < -0.39 is 36.0 Å². The number of fused-ring (bicyclic) bond motifs is 5. The molecule has 44 heavy (non-hydrogen) atoms. The van der Waals surface area contributed by atoms with E-state index in [0.717, 1.165) is 22.3 Å². The summed E-state index contributed by atoms with van der Waals surface area (Å²) in [4.78, 5) is 60.0. The Kier molecular flexibility index (Phi) is 6.29. The molecule has 0 bridgehead atoms. The fourth-order valence-electron chi connectivity index (χ4n) is 7.76. The van der Waals surface area contributed by atoms with Crippen molar-refractivity contribution in [1.29, 1.82) is 0 Å². The lowest BCUT2D eigenvalue weighted by molar-refractivity contribution is -0.153. The zero-order valence-corrected chi connectivity index (χ0v) is 23.8. The fraction of sp³-hybridized carbons (Fsp3) is 0.222. The summed E-state index contributed by atoms with van der Waals surface area (Å²) in [7, 11) is 0. The van der Waals surface area contributed by atoms with Crippen molar-refractivity contribution in [3.63, 3.8) is 0 Å². The van der Waals surface area contributed by atoms with Gasteiger partial charge in [-0.05, 0) is 22.3 Å². The number of nitrogens with zero attached hydrogens (tertiary/aromatic N) is 4. The number of imide groups is 2. The average Bonchev–Trinajstić information content (AvgIpc) is 3.72. The van der Waals surface area contributed by atoms with Crippen LogP contribution in [0.5, 0.6) is 0 Å². The molecule has 0 aromatic heterocycles. The van der Waals surface area contributed by atoms with Gasteiger partial charge in [0, 0.05) is 0 Å².